The second kappa shape index (κ2) is 6.76. The summed E-state index contributed by atoms with van der Waals surface area (Å²) in [4.78, 5) is 22.1. The van der Waals surface area contributed by atoms with Crippen LogP contribution < -0.4 is 10.5 Å². The minimum Gasteiger partial charge on any atom is -0.465 e. The maximum atomic E-state index is 11.3. The average molecular weight is 251 g/mol. The molecule has 1 aromatic rings. The fourth-order valence-electron chi connectivity index (χ4n) is 1.45. The standard InChI is InChI=1S/C13H17NO4/c1-3-17-13(16)12(14)8-10-4-6-11(7-5-10)18-9(2)15/h4-7,12H,3,8,14H2,1-2H3/t12-/m0/s1. The van der Waals surface area contributed by atoms with Crippen LogP contribution in [0.15, 0.2) is 24.3 Å². The van der Waals surface area contributed by atoms with Gasteiger partial charge in [0.2, 0.25) is 0 Å². The molecule has 0 aromatic heterocycles. The number of hydrogen-bond acceptors (Lipinski definition) is 5. The summed E-state index contributed by atoms with van der Waals surface area (Å²) in [6.07, 6.45) is 0.388. The molecule has 98 valence electrons. The van der Waals surface area contributed by atoms with Gasteiger partial charge in [-0.05, 0) is 31.0 Å². The molecule has 0 spiro atoms. The van der Waals surface area contributed by atoms with Crippen LogP contribution in [0.4, 0.5) is 0 Å². The largest absolute Gasteiger partial charge is 0.465 e. The molecule has 0 aliphatic carbocycles. The highest BCUT2D eigenvalue weighted by molar-refractivity contribution is 5.75. The van der Waals surface area contributed by atoms with E-state index in [0.29, 0.717) is 18.8 Å². The smallest absolute Gasteiger partial charge is 0.323 e. The molecule has 18 heavy (non-hydrogen) atoms. The Morgan fingerprint density at radius 1 is 1.28 bits per heavy atom. The molecule has 1 rings (SSSR count). The molecule has 0 amide bonds. The van der Waals surface area contributed by atoms with Crippen molar-refractivity contribution in [2.24, 2.45) is 5.73 Å². The van der Waals surface area contributed by atoms with Gasteiger partial charge in [0.1, 0.15) is 11.8 Å². The van der Waals surface area contributed by atoms with E-state index in [4.69, 9.17) is 15.2 Å². The van der Waals surface area contributed by atoms with Crippen LogP contribution in [-0.4, -0.2) is 24.6 Å². The maximum Gasteiger partial charge on any atom is 0.323 e. The maximum absolute atomic E-state index is 11.3. The van der Waals surface area contributed by atoms with Crippen LogP contribution in [0.2, 0.25) is 0 Å². The van der Waals surface area contributed by atoms with Crippen LogP contribution in [0, 0.1) is 0 Å². The molecular weight excluding hydrogens is 234 g/mol. The molecule has 1 aromatic carbocycles. The number of esters is 2. The number of ether oxygens (including phenoxy) is 2. The van der Waals surface area contributed by atoms with E-state index in [2.05, 4.69) is 0 Å². The normalized spacial score (nSPS) is 11.7. The lowest BCUT2D eigenvalue weighted by atomic mass is 10.1. The summed E-state index contributed by atoms with van der Waals surface area (Å²) in [5.41, 5.74) is 6.58. The Bertz CT molecular complexity index is 414. The van der Waals surface area contributed by atoms with Crippen molar-refractivity contribution in [1.82, 2.24) is 0 Å². The van der Waals surface area contributed by atoms with Crippen LogP contribution in [-0.2, 0) is 20.7 Å². The van der Waals surface area contributed by atoms with E-state index in [1.54, 1.807) is 31.2 Å². The van der Waals surface area contributed by atoms with Crippen molar-refractivity contribution < 1.29 is 19.1 Å². The SMILES string of the molecule is CCOC(=O)[C@@H](N)Cc1ccc(OC(C)=O)cc1. The second-order valence-electron chi connectivity index (χ2n) is 3.80. The van der Waals surface area contributed by atoms with E-state index >= 15 is 0 Å². The third-order valence-electron chi connectivity index (χ3n) is 2.23. The summed E-state index contributed by atoms with van der Waals surface area (Å²) >= 11 is 0. The molecule has 2 N–H and O–H groups in total. The predicted octanol–water partition coefficient (Wildman–Crippen LogP) is 1.04. The first kappa shape index (κ1) is 14.2. The van der Waals surface area contributed by atoms with Gasteiger partial charge in [0, 0.05) is 6.92 Å². The van der Waals surface area contributed by atoms with Gasteiger partial charge in [-0.1, -0.05) is 12.1 Å². The summed E-state index contributed by atoms with van der Waals surface area (Å²) in [5, 5.41) is 0. The van der Waals surface area contributed by atoms with Gasteiger partial charge in [-0.25, -0.2) is 0 Å². The predicted molar refractivity (Wildman–Crippen MR) is 66.1 cm³/mol. The Hall–Kier alpha value is -1.88. The molecule has 0 aliphatic heterocycles. The fourth-order valence-corrected chi connectivity index (χ4v) is 1.45. The summed E-state index contributed by atoms with van der Waals surface area (Å²) < 4.78 is 9.72. The highest BCUT2D eigenvalue weighted by Gasteiger charge is 2.14. The number of nitrogens with two attached hydrogens (primary N) is 1. The zero-order valence-corrected chi connectivity index (χ0v) is 10.5. The zero-order chi connectivity index (χ0) is 13.5. The van der Waals surface area contributed by atoms with E-state index in [-0.39, 0.29) is 5.97 Å². The van der Waals surface area contributed by atoms with Crippen LogP contribution in [0.3, 0.4) is 0 Å². The van der Waals surface area contributed by atoms with E-state index in [1.165, 1.54) is 6.92 Å². The highest BCUT2D eigenvalue weighted by Crippen LogP contribution is 2.13. The Balaban J connectivity index is 2.58. The molecule has 0 bridgehead atoms. The third-order valence-corrected chi connectivity index (χ3v) is 2.23. The molecule has 5 heteroatoms. The van der Waals surface area contributed by atoms with E-state index < -0.39 is 12.0 Å². The van der Waals surface area contributed by atoms with Crippen molar-refractivity contribution in [3.05, 3.63) is 29.8 Å². The molecule has 5 nitrogen and oxygen atoms in total. The van der Waals surface area contributed by atoms with Crippen LogP contribution in [0.25, 0.3) is 0 Å². The average Bonchev–Trinajstić information content (AvgIpc) is 2.31. The van der Waals surface area contributed by atoms with Crippen molar-refractivity contribution in [2.75, 3.05) is 6.61 Å². The summed E-state index contributed by atoms with van der Waals surface area (Å²) in [6, 6.07) is 6.17. The molecule has 0 fully saturated rings. The first-order valence-corrected chi connectivity index (χ1v) is 5.72. The first-order chi connectivity index (χ1) is 8.52. The van der Waals surface area contributed by atoms with E-state index in [9.17, 15) is 9.59 Å². The Morgan fingerprint density at radius 3 is 2.39 bits per heavy atom. The van der Waals surface area contributed by atoms with Crippen LogP contribution in [0.5, 0.6) is 5.75 Å². The Kier molecular flexibility index (Phi) is 5.32. The quantitative estimate of drug-likeness (QED) is 0.625. The lowest BCUT2D eigenvalue weighted by Gasteiger charge is -2.10. The van der Waals surface area contributed by atoms with Crippen molar-refractivity contribution in [1.29, 1.82) is 0 Å². The van der Waals surface area contributed by atoms with Crippen LogP contribution >= 0.6 is 0 Å². The number of hydrogen-bond donors (Lipinski definition) is 1. The van der Waals surface area contributed by atoms with Gasteiger partial charge in [0.05, 0.1) is 6.61 Å². The lowest BCUT2D eigenvalue weighted by molar-refractivity contribution is -0.144. The van der Waals surface area contributed by atoms with Crippen molar-refractivity contribution in [3.63, 3.8) is 0 Å². The molecule has 1 atom stereocenters. The summed E-state index contributed by atoms with van der Waals surface area (Å²) in [6.45, 7) is 3.39. The fraction of sp³-hybridized carbons (Fsp3) is 0.385. The molecule has 0 radical (unpaired) electrons. The molecule has 0 saturated heterocycles. The Morgan fingerprint density at radius 2 is 1.89 bits per heavy atom. The van der Waals surface area contributed by atoms with Crippen molar-refractivity contribution in [3.8, 4) is 5.75 Å². The van der Waals surface area contributed by atoms with Gasteiger partial charge >= 0.3 is 11.9 Å². The van der Waals surface area contributed by atoms with Gasteiger partial charge in [-0.3, -0.25) is 9.59 Å². The van der Waals surface area contributed by atoms with E-state index in [1.807, 2.05) is 0 Å². The molecule has 0 unspecified atom stereocenters. The van der Waals surface area contributed by atoms with Crippen molar-refractivity contribution >= 4 is 11.9 Å². The Labute approximate surface area is 106 Å². The minimum atomic E-state index is -0.676. The van der Waals surface area contributed by atoms with Gasteiger partial charge < -0.3 is 15.2 Å². The number of carbonyl (C=O) groups excluding carboxylic acids is 2. The monoisotopic (exact) mass is 251 g/mol. The lowest BCUT2D eigenvalue weighted by Crippen LogP contribution is -2.34. The van der Waals surface area contributed by atoms with Gasteiger partial charge in [-0.15, -0.1) is 0 Å². The third kappa shape index (κ3) is 4.55. The molecule has 0 aliphatic rings. The zero-order valence-electron chi connectivity index (χ0n) is 10.5. The molecular formula is C13H17NO4. The molecule has 0 saturated carbocycles. The molecule has 0 heterocycles. The first-order valence-electron chi connectivity index (χ1n) is 5.72. The second-order valence-corrected chi connectivity index (χ2v) is 3.80. The minimum absolute atomic E-state index is 0.317. The number of benzene rings is 1. The summed E-state index contributed by atoms with van der Waals surface area (Å²) in [5.74, 6) is -0.316. The van der Waals surface area contributed by atoms with Crippen LogP contribution in [0.1, 0.15) is 19.4 Å². The van der Waals surface area contributed by atoms with E-state index in [0.717, 1.165) is 5.56 Å². The topological polar surface area (TPSA) is 78.6 Å². The number of carbonyl (C=O) groups is 2. The van der Waals surface area contributed by atoms with Gasteiger partial charge in [0.15, 0.2) is 0 Å². The van der Waals surface area contributed by atoms with Gasteiger partial charge in [0.25, 0.3) is 0 Å². The van der Waals surface area contributed by atoms with Gasteiger partial charge in [-0.2, -0.15) is 0 Å². The summed E-state index contributed by atoms with van der Waals surface area (Å²) in [7, 11) is 0. The number of rotatable bonds is 5. The van der Waals surface area contributed by atoms with Crippen molar-refractivity contribution in [2.45, 2.75) is 26.3 Å². The highest BCUT2D eigenvalue weighted by atomic mass is 16.5.